The van der Waals surface area contributed by atoms with E-state index in [4.69, 9.17) is 0 Å². The summed E-state index contributed by atoms with van der Waals surface area (Å²) in [7, 11) is 0. The number of hydrogen-bond donors (Lipinski definition) is 1. The molecule has 1 atom stereocenters. The molecule has 0 aromatic heterocycles. The van der Waals surface area contributed by atoms with Crippen LogP contribution in [0.25, 0.3) is 0 Å². The molecule has 1 aromatic rings. The summed E-state index contributed by atoms with van der Waals surface area (Å²) in [5, 5.41) is 3.72. The van der Waals surface area contributed by atoms with Gasteiger partial charge in [0.1, 0.15) is 0 Å². The van der Waals surface area contributed by atoms with Gasteiger partial charge < -0.3 is 5.32 Å². The summed E-state index contributed by atoms with van der Waals surface area (Å²) in [5.74, 6) is 0. The van der Waals surface area contributed by atoms with Crippen molar-refractivity contribution in [3.63, 3.8) is 0 Å². The molecule has 0 radical (unpaired) electrons. The molecule has 1 nitrogen and oxygen atoms in total. The Hall–Kier alpha value is -1.08. The fourth-order valence-corrected chi connectivity index (χ4v) is 3.38. The highest BCUT2D eigenvalue weighted by atomic mass is 14.9. The van der Waals surface area contributed by atoms with Crippen LogP contribution in [0.3, 0.4) is 0 Å². The molecule has 1 heterocycles. The molecule has 0 amide bonds. The highest BCUT2D eigenvalue weighted by Crippen LogP contribution is 2.38. The summed E-state index contributed by atoms with van der Waals surface area (Å²) in [5.41, 5.74) is 7.73. The van der Waals surface area contributed by atoms with Gasteiger partial charge in [-0.05, 0) is 74.8 Å². The van der Waals surface area contributed by atoms with Gasteiger partial charge in [-0.15, -0.1) is 0 Å². The summed E-state index contributed by atoms with van der Waals surface area (Å²) < 4.78 is 0. The molecule has 0 saturated carbocycles. The number of benzene rings is 1. The minimum absolute atomic E-state index is 0.494. The minimum atomic E-state index is 0.494. The third-order valence-corrected chi connectivity index (χ3v) is 4.62. The van der Waals surface area contributed by atoms with Gasteiger partial charge in [0, 0.05) is 0 Å². The van der Waals surface area contributed by atoms with Crippen molar-refractivity contribution in [3.05, 3.63) is 46.0 Å². The van der Waals surface area contributed by atoms with E-state index in [1.54, 1.807) is 11.1 Å². The average Bonchev–Trinajstić information content (AvgIpc) is 2.41. The van der Waals surface area contributed by atoms with Gasteiger partial charge in [-0.3, -0.25) is 0 Å². The van der Waals surface area contributed by atoms with E-state index < -0.39 is 0 Å². The van der Waals surface area contributed by atoms with Crippen molar-refractivity contribution in [2.45, 2.75) is 52.0 Å². The maximum Gasteiger partial charge on any atom is 0.0538 e. The first-order chi connectivity index (χ1) is 8.75. The van der Waals surface area contributed by atoms with Crippen molar-refractivity contribution in [1.29, 1.82) is 0 Å². The standard InChI is InChI=1S/C17H23N/c1-12-7-8-15(11-13(12)2)17-16-6-4-3-5-14(16)9-10-18-17/h7-8,11,17-18H,3-6,9-10H2,1-2H3. The zero-order valence-corrected chi connectivity index (χ0v) is 11.6. The van der Waals surface area contributed by atoms with E-state index in [1.807, 2.05) is 0 Å². The van der Waals surface area contributed by atoms with Gasteiger partial charge in [0.2, 0.25) is 0 Å². The predicted octanol–water partition coefficient (Wildman–Crippen LogP) is 4.21. The second kappa shape index (κ2) is 4.89. The van der Waals surface area contributed by atoms with E-state index >= 15 is 0 Å². The van der Waals surface area contributed by atoms with Crippen LogP contribution in [0, 0.1) is 13.8 Å². The van der Waals surface area contributed by atoms with E-state index in [9.17, 15) is 0 Å². The smallest absolute Gasteiger partial charge is 0.0538 e. The molecule has 1 aliphatic carbocycles. The lowest BCUT2D eigenvalue weighted by atomic mass is 9.81. The number of rotatable bonds is 1. The molecule has 96 valence electrons. The van der Waals surface area contributed by atoms with Gasteiger partial charge in [-0.25, -0.2) is 0 Å². The molecule has 1 aromatic carbocycles. The molecular formula is C17H23N. The van der Waals surface area contributed by atoms with Crippen LogP contribution >= 0.6 is 0 Å². The Morgan fingerprint density at radius 3 is 2.67 bits per heavy atom. The van der Waals surface area contributed by atoms with E-state index in [2.05, 4.69) is 37.4 Å². The second-order valence-corrected chi connectivity index (χ2v) is 5.82. The molecule has 1 unspecified atom stereocenters. The van der Waals surface area contributed by atoms with E-state index in [-0.39, 0.29) is 0 Å². The summed E-state index contributed by atoms with van der Waals surface area (Å²) >= 11 is 0. The Labute approximate surface area is 110 Å². The SMILES string of the molecule is Cc1ccc(C2NCCC3=C2CCCC3)cc1C. The fraction of sp³-hybridized carbons (Fsp3) is 0.529. The molecule has 1 heteroatoms. The van der Waals surface area contributed by atoms with Crippen LogP contribution in [0.4, 0.5) is 0 Å². The highest BCUT2D eigenvalue weighted by Gasteiger charge is 2.25. The first-order valence-corrected chi connectivity index (χ1v) is 7.27. The Kier molecular flexibility index (Phi) is 3.25. The van der Waals surface area contributed by atoms with Crippen LogP contribution in [0.15, 0.2) is 29.3 Å². The van der Waals surface area contributed by atoms with Crippen LogP contribution in [-0.2, 0) is 0 Å². The molecule has 1 aliphatic heterocycles. The van der Waals surface area contributed by atoms with E-state index in [1.165, 1.54) is 48.8 Å². The Balaban J connectivity index is 1.97. The van der Waals surface area contributed by atoms with Gasteiger partial charge >= 0.3 is 0 Å². The molecule has 0 saturated heterocycles. The molecule has 0 bridgehead atoms. The van der Waals surface area contributed by atoms with Crippen LogP contribution < -0.4 is 5.32 Å². The maximum absolute atomic E-state index is 3.72. The van der Waals surface area contributed by atoms with Gasteiger partial charge in [0.15, 0.2) is 0 Å². The van der Waals surface area contributed by atoms with Crippen LogP contribution in [0.2, 0.25) is 0 Å². The molecule has 1 N–H and O–H groups in total. The largest absolute Gasteiger partial charge is 0.306 e. The summed E-state index contributed by atoms with van der Waals surface area (Å²) in [6.45, 7) is 5.56. The molecular weight excluding hydrogens is 218 g/mol. The zero-order valence-electron chi connectivity index (χ0n) is 11.6. The van der Waals surface area contributed by atoms with Gasteiger partial charge in [0.25, 0.3) is 0 Å². The Bertz CT molecular complexity index is 480. The van der Waals surface area contributed by atoms with Crippen LogP contribution in [-0.4, -0.2) is 6.54 Å². The first kappa shape index (κ1) is 12.0. The van der Waals surface area contributed by atoms with Crippen molar-refractivity contribution >= 4 is 0 Å². The molecule has 0 fully saturated rings. The number of nitrogens with one attached hydrogen (secondary N) is 1. The van der Waals surface area contributed by atoms with Crippen molar-refractivity contribution < 1.29 is 0 Å². The Morgan fingerprint density at radius 1 is 1.00 bits per heavy atom. The summed E-state index contributed by atoms with van der Waals surface area (Å²) in [4.78, 5) is 0. The average molecular weight is 241 g/mol. The molecule has 2 aliphatic rings. The monoisotopic (exact) mass is 241 g/mol. The van der Waals surface area contributed by atoms with Crippen molar-refractivity contribution in [2.75, 3.05) is 6.54 Å². The summed E-state index contributed by atoms with van der Waals surface area (Å²) in [6, 6.07) is 7.44. The van der Waals surface area contributed by atoms with Gasteiger partial charge in [-0.2, -0.15) is 0 Å². The quantitative estimate of drug-likeness (QED) is 0.726. The van der Waals surface area contributed by atoms with E-state index in [0.717, 1.165) is 6.54 Å². The normalized spacial score (nSPS) is 24.0. The van der Waals surface area contributed by atoms with Crippen molar-refractivity contribution in [3.8, 4) is 0 Å². The number of aryl methyl sites for hydroxylation is 2. The van der Waals surface area contributed by atoms with Crippen molar-refractivity contribution in [1.82, 2.24) is 5.32 Å². The predicted molar refractivity (Wildman–Crippen MR) is 76.8 cm³/mol. The van der Waals surface area contributed by atoms with Gasteiger partial charge in [0.05, 0.1) is 6.04 Å². The lowest BCUT2D eigenvalue weighted by Gasteiger charge is -2.33. The first-order valence-electron chi connectivity index (χ1n) is 7.27. The molecule has 18 heavy (non-hydrogen) atoms. The summed E-state index contributed by atoms with van der Waals surface area (Å²) in [6.07, 6.45) is 6.70. The minimum Gasteiger partial charge on any atom is -0.306 e. The second-order valence-electron chi connectivity index (χ2n) is 5.82. The van der Waals surface area contributed by atoms with Crippen LogP contribution in [0.1, 0.15) is 54.8 Å². The Morgan fingerprint density at radius 2 is 1.83 bits per heavy atom. The topological polar surface area (TPSA) is 12.0 Å². The third-order valence-electron chi connectivity index (χ3n) is 4.62. The zero-order chi connectivity index (χ0) is 12.5. The van der Waals surface area contributed by atoms with Crippen LogP contribution in [0.5, 0.6) is 0 Å². The highest BCUT2D eigenvalue weighted by molar-refractivity contribution is 5.38. The lowest BCUT2D eigenvalue weighted by Crippen LogP contribution is -2.31. The lowest BCUT2D eigenvalue weighted by molar-refractivity contribution is 0.489. The molecule has 3 rings (SSSR count). The number of hydrogen-bond acceptors (Lipinski definition) is 1. The molecule has 0 spiro atoms. The maximum atomic E-state index is 3.72. The van der Waals surface area contributed by atoms with Gasteiger partial charge in [-0.1, -0.05) is 23.8 Å². The fourth-order valence-electron chi connectivity index (χ4n) is 3.38. The third kappa shape index (κ3) is 2.12. The van der Waals surface area contributed by atoms with Crippen molar-refractivity contribution in [2.24, 2.45) is 0 Å². The van der Waals surface area contributed by atoms with E-state index in [0.29, 0.717) is 6.04 Å².